The van der Waals surface area contributed by atoms with Crippen molar-refractivity contribution >= 4 is 22.4 Å². The Kier molecular flexibility index (Phi) is 4.75. The Morgan fingerprint density at radius 3 is 2.54 bits per heavy atom. The number of ketones is 1. The Labute approximate surface area is 141 Å². The summed E-state index contributed by atoms with van der Waals surface area (Å²) in [4.78, 5) is 17.0. The second kappa shape index (κ2) is 7.13. The molecule has 0 unspecified atom stereocenters. The average molecular weight is 320 g/mol. The third kappa shape index (κ3) is 3.54. The third-order valence-corrected chi connectivity index (χ3v) is 3.87. The molecule has 3 aromatic rings. The van der Waals surface area contributed by atoms with Crippen LogP contribution >= 0.6 is 0 Å². The number of carbonyl (C=O) groups excluding carboxylic acids is 1. The monoisotopic (exact) mass is 320 g/mol. The number of rotatable bonds is 6. The highest BCUT2D eigenvalue weighted by Crippen LogP contribution is 2.24. The van der Waals surface area contributed by atoms with E-state index < -0.39 is 0 Å². The van der Waals surface area contributed by atoms with E-state index in [4.69, 9.17) is 10.5 Å². The maximum atomic E-state index is 12.5. The summed E-state index contributed by atoms with van der Waals surface area (Å²) in [5.41, 5.74) is 9.11. The van der Waals surface area contributed by atoms with Crippen LogP contribution in [-0.2, 0) is 17.6 Å². The van der Waals surface area contributed by atoms with Gasteiger partial charge < -0.3 is 10.5 Å². The standard InChI is InChI=1S/C20H20N2O2/c1-2-24-20-16(11-15-8-4-6-10-19(15)22-20)13-17(23)12-14-7-3-5-9-18(14)21/h3-11H,2,12-13,21H2,1H3. The van der Waals surface area contributed by atoms with Crippen molar-refractivity contribution < 1.29 is 9.53 Å². The molecule has 0 atom stereocenters. The first-order valence-corrected chi connectivity index (χ1v) is 8.04. The molecular weight excluding hydrogens is 300 g/mol. The lowest BCUT2D eigenvalue weighted by atomic mass is 10.0. The normalized spacial score (nSPS) is 10.7. The fraction of sp³-hybridized carbons (Fsp3) is 0.200. The lowest BCUT2D eigenvalue weighted by Crippen LogP contribution is -2.10. The molecule has 0 radical (unpaired) electrons. The molecule has 1 heterocycles. The lowest BCUT2D eigenvalue weighted by Gasteiger charge is -2.11. The van der Waals surface area contributed by atoms with E-state index in [1.165, 1.54) is 0 Å². The van der Waals surface area contributed by atoms with Gasteiger partial charge in [0.1, 0.15) is 5.78 Å². The van der Waals surface area contributed by atoms with Gasteiger partial charge in [0.2, 0.25) is 5.88 Å². The largest absolute Gasteiger partial charge is 0.478 e. The van der Waals surface area contributed by atoms with Crippen LogP contribution in [0.3, 0.4) is 0 Å². The molecule has 3 rings (SSSR count). The first-order chi connectivity index (χ1) is 11.7. The van der Waals surface area contributed by atoms with Gasteiger partial charge in [-0.1, -0.05) is 36.4 Å². The van der Waals surface area contributed by atoms with Crippen LogP contribution in [0.2, 0.25) is 0 Å². The van der Waals surface area contributed by atoms with Crippen molar-refractivity contribution in [3.8, 4) is 5.88 Å². The van der Waals surface area contributed by atoms with E-state index in [0.29, 0.717) is 24.6 Å². The van der Waals surface area contributed by atoms with E-state index in [9.17, 15) is 4.79 Å². The number of nitrogens with zero attached hydrogens (tertiary/aromatic N) is 1. The van der Waals surface area contributed by atoms with Gasteiger partial charge in [-0.2, -0.15) is 0 Å². The Morgan fingerprint density at radius 2 is 1.75 bits per heavy atom. The predicted octanol–water partition coefficient (Wildman–Crippen LogP) is 3.57. The van der Waals surface area contributed by atoms with Gasteiger partial charge in [0.25, 0.3) is 0 Å². The molecule has 0 saturated heterocycles. The van der Waals surface area contributed by atoms with Gasteiger partial charge in [-0.25, -0.2) is 4.98 Å². The van der Waals surface area contributed by atoms with Crippen LogP contribution in [0, 0.1) is 0 Å². The molecule has 0 aliphatic carbocycles. The van der Waals surface area contributed by atoms with Gasteiger partial charge in [-0.15, -0.1) is 0 Å². The number of hydrogen-bond donors (Lipinski definition) is 1. The molecule has 4 heteroatoms. The van der Waals surface area contributed by atoms with Crippen molar-refractivity contribution in [2.45, 2.75) is 19.8 Å². The summed E-state index contributed by atoms with van der Waals surface area (Å²) in [5.74, 6) is 0.622. The highest BCUT2D eigenvalue weighted by atomic mass is 16.5. The number of ether oxygens (including phenoxy) is 1. The maximum Gasteiger partial charge on any atom is 0.217 e. The van der Waals surface area contributed by atoms with Crippen LogP contribution in [-0.4, -0.2) is 17.4 Å². The van der Waals surface area contributed by atoms with Gasteiger partial charge >= 0.3 is 0 Å². The summed E-state index contributed by atoms with van der Waals surface area (Å²) in [5, 5.41) is 1.00. The van der Waals surface area contributed by atoms with Crippen LogP contribution in [0.5, 0.6) is 5.88 Å². The number of nitrogen functional groups attached to an aromatic ring is 1. The fourth-order valence-corrected chi connectivity index (χ4v) is 2.71. The van der Waals surface area contributed by atoms with Crippen LogP contribution in [0.15, 0.2) is 54.6 Å². The maximum absolute atomic E-state index is 12.5. The van der Waals surface area contributed by atoms with Crippen LogP contribution in [0.4, 0.5) is 5.69 Å². The molecule has 24 heavy (non-hydrogen) atoms. The predicted molar refractivity (Wildman–Crippen MR) is 96.2 cm³/mol. The van der Waals surface area contributed by atoms with Crippen molar-refractivity contribution in [1.29, 1.82) is 0 Å². The molecule has 1 aromatic heterocycles. The molecule has 2 aromatic carbocycles. The molecule has 0 aliphatic heterocycles. The number of Topliss-reactive ketones (excluding diaryl/α,β-unsaturated/α-hetero) is 1. The highest BCUT2D eigenvalue weighted by Gasteiger charge is 2.13. The smallest absolute Gasteiger partial charge is 0.217 e. The molecule has 0 aliphatic rings. The van der Waals surface area contributed by atoms with E-state index in [2.05, 4.69) is 4.98 Å². The number of nitrogens with two attached hydrogens (primary N) is 1. The summed E-state index contributed by atoms with van der Waals surface area (Å²) < 4.78 is 5.63. The quantitative estimate of drug-likeness (QED) is 0.705. The molecule has 0 saturated carbocycles. The molecule has 0 bridgehead atoms. The molecule has 122 valence electrons. The van der Waals surface area contributed by atoms with Gasteiger partial charge in [0.15, 0.2) is 0 Å². The molecular formula is C20H20N2O2. The van der Waals surface area contributed by atoms with E-state index in [-0.39, 0.29) is 12.2 Å². The average Bonchev–Trinajstić information content (AvgIpc) is 2.58. The molecule has 0 amide bonds. The Balaban J connectivity index is 1.86. The summed E-state index contributed by atoms with van der Waals surface area (Å²) in [7, 11) is 0. The van der Waals surface area contributed by atoms with Crippen LogP contribution in [0.1, 0.15) is 18.1 Å². The number of carbonyl (C=O) groups is 1. The second-order valence-corrected chi connectivity index (χ2v) is 5.67. The zero-order valence-electron chi connectivity index (χ0n) is 13.7. The van der Waals surface area contributed by atoms with E-state index in [0.717, 1.165) is 22.0 Å². The fourth-order valence-electron chi connectivity index (χ4n) is 2.71. The SMILES string of the molecule is CCOc1nc2ccccc2cc1CC(=O)Cc1ccccc1N. The molecule has 0 spiro atoms. The molecule has 2 N–H and O–H groups in total. The zero-order valence-corrected chi connectivity index (χ0v) is 13.7. The van der Waals surface area contributed by atoms with Crippen molar-refractivity contribution in [2.75, 3.05) is 12.3 Å². The first kappa shape index (κ1) is 16.0. The number of hydrogen-bond acceptors (Lipinski definition) is 4. The number of anilines is 1. The Bertz CT molecular complexity index is 874. The van der Waals surface area contributed by atoms with Gasteiger partial charge in [0.05, 0.1) is 12.1 Å². The van der Waals surface area contributed by atoms with E-state index >= 15 is 0 Å². The van der Waals surface area contributed by atoms with Crippen molar-refractivity contribution in [2.24, 2.45) is 0 Å². The van der Waals surface area contributed by atoms with Gasteiger partial charge in [0, 0.05) is 29.5 Å². The Hall–Kier alpha value is -2.88. The first-order valence-electron chi connectivity index (χ1n) is 8.04. The van der Waals surface area contributed by atoms with Gasteiger partial charge in [-0.3, -0.25) is 4.79 Å². The minimum Gasteiger partial charge on any atom is -0.478 e. The van der Waals surface area contributed by atoms with Crippen LogP contribution in [0.25, 0.3) is 10.9 Å². The third-order valence-electron chi connectivity index (χ3n) is 3.87. The topological polar surface area (TPSA) is 65.2 Å². The van der Waals surface area contributed by atoms with E-state index in [1.807, 2.05) is 61.5 Å². The molecule has 4 nitrogen and oxygen atoms in total. The lowest BCUT2D eigenvalue weighted by molar-refractivity contribution is -0.117. The summed E-state index contributed by atoms with van der Waals surface area (Å²) in [6, 6.07) is 17.3. The summed E-state index contributed by atoms with van der Waals surface area (Å²) in [6.07, 6.45) is 0.590. The second-order valence-electron chi connectivity index (χ2n) is 5.67. The number of fused-ring (bicyclic) bond motifs is 1. The number of aromatic nitrogens is 1. The summed E-state index contributed by atoms with van der Waals surface area (Å²) in [6.45, 7) is 2.42. The number of pyridine rings is 1. The molecule has 0 fully saturated rings. The minimum atomic E-state index is 0.0888. The zero-order chi connectivity index (χ0) is 16.9. The van der Waals surface area contributed by atoms with Crippen LogP contribution < -0.4 is 10.5 Å². The van der Waals surface area contributed by atoms with Crippen molar-refractivity contribution in [3.05, 3.63) is 65.7 Å². The van der Waals surface area contributed by atoms with E-state index in [1.54, 1.807) is 0 Å². The number of benzene rings is 2. The number of para-hydroxylation sites is 2. The summed E-state index contributed by atoms with van der Waals surface area (Å²) >= 11 is 0. The van der Waals surface area contributed by atoms with Gasteiger partial charge in [-0.05, 0) is 30.7 Å². The Morgan fingerprint density at radius 1 is 1.04 bits per heavy atom. The minimum absolute atomic E-state index is 0.0888. The van der Waals surface area contributed by atoms with Crippen molar-refractivity contribution in [1.82, 2.24) is 4.98 Å². The van der Waals surface area contributed by atoms with Crippen molar-refractivity contribution in [3.63, 3.8) is 0 Å². The highest BCUT2D eigenvalue weighted by molar-refractivity contribution is 5.87.